The molecule has 0 amide bonds. The molecule has 0 aliphatic carbocycles. The van der Waals surface area contributed by atoms with Crippen LogP contribution in [-0.4, -0.2) is 26.4 Å². The van der Waals surface area contributed by atoms with E-state index in [1.54, 1.807) is 27.4 Å². The number of fused-ring (bicyclic) bond motifs is 4. The molecule has 0 atom stereocenters. The van der Waals surface area contributed by atoms with E-state index in [2.05, 4.69) is 16.8 Å². The fourth-order valence-electron chi connectivity index (χ4n) is 3.50. The van der Waals surface area contributed by atoms with Gasteiger partial charge in [0.15, 0.2) is 24.2 Å². The lowest BCUT2D eigenvalue weighted by atomic mass is 9.95. The van der Waals surface area contributed by atoms with Gasteiger partial charge in [-0.25, -0.2) is 0 Å². The first kappa shape index (κ1) is 15.6. The Morgan fingerprint density at radius 3 is 2.44 bits per heavy atom. The van der Waals surface area contributed by atoms with E-state index in [1.807, 2.05) is 18.2 Å². The maximum Gasteiger partial charge on any atom is 0.213 e. The van der Waals surface area contributed by atoms with Crippen LogP contribution in [0.3, 0.4) is 0 Å². The Labute approximate surface area is 146 Å². The van der Waals surface area contributed by atoms with Crippen LogP contribution in [-0.2, 0) is 13.0 Å². The normalized spacial score (nSPS) is 12.4. The van der Waals surface area contributed by atoms with Gasteiger partial charge in [-0.1, -0.05) is 0 Å². The molecule has 2 heterocycles. The lowest BCUT2D eigenvalue weighted by Crippen LogP contribution is -2.40. The fourth-order valence-corrected chi connectivity index (χ4v) is 3.50. The van der Waals surface area contributed by atoms with Crippen LogP contribution < -0.4 is 18.8 Å². The maximum absolute atomic E-state index is 10.1. The molecule has 1 aliphatic rings. The van der Waals surface area contributed by atoms with E-state index >= 15 is 0 Å². The SMILES string of the molecule is COc1cc(OC)c2c[n+]3c(cc2c1)-c1cc(OC)c(O)cc1CC3. The number of ether oxygens (including phenoxy) is 3. The van der Waals surface area contributed by atoms with Crippen LogP contribution in [0, 0.1) is 0 Å². The molecule has 128 valence electrons. The molecule has 3 aromatic rings. The number of pyridine rings is 1. The Balaban J connectivity index is 1.99. The summed E-state index contributed by atoms with van der Waals surface area (Å²) in [5.41, 5.74) is 3.28. The van der Waals surface area contributed by atoms with E-state index in [0.717, 1.165) is 52.1 Å². The van der Waals surface area contributed by atoms with Crippen LogP contribution in [0.2, 0.25) is 0 Å². The number of aryl methyl sites for hydroxylation is 2. The van der Waals surface area contributed by atoms with Gasteiger partial charge in [-0.3, -0.25) is 0 Å². The monoisotopic (exact) mass is 338 g/mol. The van der Waals surface area contributed by atoms with E-state index in [0.29, 0.717) is 5.75 Å². The van der Waals surface area contributed by atoms with Crippen molar-refractivity contribution < 1.29 is 23.9 Å². The molecule has 0 fully saturated rings. The summed E-state index contributed by atoms with van der Waals surface area (Å²) in [6.45, 7) is 0.846. The number of rotatable bonds is 3. The molecule has 0 bridgehead atoms. The zero-order chi connectivity index (χ0) is 17.6. The third kappa shape index (κ3) is 2.43. The zero-order valence-corrected chi connectivity index (χ0v) is 14.5. The summed E-state index contributed by atoms with van der Waals surface area (Å²) in [5, 5.41) is 12.1. The molecule has 0 spiro atoms. The molecule has 5 heteroatoms. The van der Waals surface area contributed by atoms with Crippen LogP contribution in [0.25, 0.3) is 22.0 Å². The van der Waals surface area contributed by atoms with Crippen LogP contribution in [0.4, 0.5) is 0 Å². The van der Waals surface area contributed by atoms with E-state index in [4.69, 9.17) is 14.2 Å². The van der Waals surface area contributed by atoms with Crippen molar-refractivity contribution in [2.75, 3.05) is 21.3 Å². The minimum Gasteiger partial charge on any atom is -0.504 e. The second kappa shape index (κ2) is 5.84. The molecule has 1 N–H and O–H groups in total. The number of aromatic hydroxyl groups is 1. The number of nitrogens with zero attached hydrogens (tertiary/aromatic N) is 1. The first-order chi connectivity index (χ1) is 12.1. The van der Waals surface area contributed by atoms with Crippen molar-refractivity contribution in [3.05, 3.63) is 42.1 Å². The summed E-state index contributed by atoms with van der Waals surface area (Å²) < 4.78 is 18.4. The van der Waals surface area contributed by atoms with Crippen molar-refractivity contribution in [1.29, 1.82) is 0 Å². The standard InChI is InChI=1S/C20H19NO4/c1-23-14-6-13-7-17-15-10-20(25-3)18(22)8-12(15)4-5-21(17)11-16(13)19(9-14)24-2/h6-11H,4-5H2,1-3H3/p+1. The highest BCUT2D eigenvalue weighted by Gasteiger charge is 2.26. The fraction of sp³-hybridized carbons (Fsp3) is 0.250. The number of hydrogen-bond acceptors (Lipinski definition) is 4. The summed E-state index contributed by atoms with van der Waals surface area (Å²) in [5.74, 6) is 2.21. The van der Waals surface area contributed by atoms with Gasteiger partial charge in [0.1, 0.15) is 11.5 Å². The molecule has 1 aliphatic heterocycles. The largest absolute Gasteiger partial charge is 0.504 e. The minimum absolute atomic E-state index is 0.179. The van der Waals surface area contributed by atoms with Crippen LogP contribution in [0.5, 0.6) is 23.0 Å². The highest BCUT2D eigenvalue weighted by Crippen LogP contribution is 2.38. The van der Waals surface area contributed by atoms with Crippen molar-refractivity contribution in [1.82, 2.24) is 0 Å². The molecule has 4 rings (SSSR count). The summed E-state index contributed by atoms with van der Waals surface area (Å²) in [7, 11) is 4.88. The molecule has 0 saturated carbocycles. The lowest BCUT2D eigenvalue weighted by Gasteiger charge is -2.18. The summed E-state index contributed by atoms with van der Waals surface area (Å²) in [6.07, 6.45) is 2.97. The second-order valence-corrected chi connectivity index (χ2v) is 6.12. The summed E-state index contributed by atoms with van der Waals surface area (Å²) in [4.78, 5) is 0. The highest BCUT2D eigenvalue weighted by molar-refractivity contribution is 5.91. The van der Waals surface area contributed by atoms with Crippen molar-refractivity contribution >= 4 is 10.8 Å². The van der Waals surface area contributed by atoms with Crippen LogP contribution in [0.1, 0.15) is 5.56 Å². The van der Waals surface area contributed by atoms with E-state index in [-0.39, 0.29) is 5.75 Å². The Morgan fingerprint density at radius 1 is 0.920 bits per heavy atom. The van der Waals surface area contributed by atoms with E-state index < -0.39 is 0 Å². The van der Waals surface area contributed by atoms with Crippen molar-refractivity contribution in [2.24, 2.45) is 0 Å². The molecule has 0 saturated heterocycles. The zero-order valence-electron chi connectivity index (χ0n) is 14.5. The first-order valence-electron chi connectivity index (χ1n) is 8.14. The Morgan fingerprint density at radius 2 is 1.72 bits per heavy atom. The molecule has 2 aromatic carbocycles. The molecular formula is C20H20NO4+. The molecule has 0 unspecified atom stereocenters. The average molecular weight is 338 g/mol. The van der Waals surface area contributed by atoms with Crippen molar-refractivity contribution in [3.63, 3.8) is 0 Å². The quantitative estimate of drug-likeness (QED) is 0.746. The number of aromatic nitrogens is 1. The second-order valence-electron chi connectivity index (χ2n) is 6.12. The van der Waals surface area contributed by atoms with E-state index in [9.17, 15) is 5.11 Å². The summed E-state index contributed by atoms with van der Waals surface area (Å²) >= 11 is 0. The molecule has 0 radical (unpaired) electrons. The molecule has 25 heavy (non-hydrogen) atoms. The van der Waals surface area contributed by atoms with Gasteiger partial charge in [0.2, 0.25) is 5.69 Å². The number of phenolic OH excluding ortho intramolecular Hbond substituents is 1. The van der Waals surface area contributed by atoms with Gasteiger partial charge in [-0.2, -0.15) is 4.57 Å². The molecule has 5 nitrogen and oxygen atoms in total. The average Bonchev–Trinajstić information content (AvgIpc) is 2.64. The van der Waals surface area contributed by atoms with Gasteiger partial charge in [-0.15, -0.1) is 0 Å². The summed E-state index contributed by atoms with van der Waals surface area (Å²) in [6, 6.07) is 9.74. The van der Waals surface area contributed by atoms with Crippen molar-refractivity contribution in [2.45, 2.75) is 13.0 Å². The topological polar surface area (TPSA) is 51.8 Å². The highest BCUT2D eigenvalue weighted by atomic mass is 16.5. The molecule has 1 aromatic heterocycles. The van der Waals surface area contributed by atoms with Crippen LogP contribution in [0.15, 0.2) is 36.5 Å². The third-order valence-corrected chi connectivity index (χ3v) is 4.79. The smallest absolute Gasteiger partial charge is 0.213 e. The Hall–Kier alpha value is -2.95. The predicted octanol–water partition coefficient (Wildman–Crippen LogP) is 3.08. The van der Waals surface area contributed by atoms with Gasteiger partial charge in [-0.05, 0) is 23.8 Å². The van der Waals surface area contributed by atoms with Gasteiger partial charge in [0.05, 0.1) is 32.3 Å². The maximum atomic E-state index is 10.1. The number of benzene rings is 2. The van der Waals surface area contributed by atoms with Gasteiger partial charge >= 0.3 is 0 Å². The Kier molecular flexibility index (Phi) is 3.64. The Bertz CT molecular complexity index is 981. The minimum atomic E-state index is 0.179. The third-order valence-electron chi connectivity index (χ3n) is 4.79. The number of hydrogen-bond donors (Lipinski definition) is 1. The first-order valence-corrected chi connectivity index (χ1v) is 8.14. The predicted molar refractivity (Wildman–Crippen MR) is 94.6 cm³/mol. The lowest BCUT2D eigenvalue weighted by molar-refractivity contribution is -0.686. The van der Waals surface area contributed by atoms with Crippen molar-refractivity contribution in [3.8, 4) is 34.3 Å². The number of phenols is 1. The van der Waals surface area contributed by atoms with Crippen LogP contribution >= 0.6 is 0 Å². The molecular weight excluding hydrogens is 318 g/mol. The number of methoxy groups -OCH3 is 3. The van der Waals surface area contributed by atoms with Gasteiger partial charge in [0, 0.05) is 23.9 Å². The van der Waals surface area contributed by atoms with Gasteiger partial charge < -0.3 is 19.3 Å². The van der Waals surface area contributed by atoms with Gasteiger partial charge in [0.25, 0.3) is 0 Å². The van der Waals surface area contributed by atoms with E-state index in [1.165, 1.54) is 0 Å².